The van der Waals surface area contributed by atoms with E-state index in [9.17, 15) is 27.2 Å². The molecule has 28 heavy (non-hydrogen) atoms. The number of carbonyl (C=O) groups is 1. The highest BCUT2D eigenvalue weighted by molar-refractivity contribution is 5.81. The summed E-state index contributed by atoms with van der Waals surface area (Å²) in [5, 5.41) is 2.37. The minimum absolute atomic E-state index is 0.259. The van der Waals surface area contributed by atoms with E-state index < -0.39 is 30.0 Å². The number of amides is 1. The standard InChI is InChI=1S/C19H17F4N3O2/c1-2-25-15-5-3-4-6-16(15)26(18(25)28)11-17(27)24-10-12-7-8-13(20)9-14(12)19(21,22)23/h3-9H,2,10-11H2,1H3,(H,24,27). The lowest BCUT2D eigenvalue weighted by Crippen LogP contribution is -2.33. The Labute approximate surface area is 157 Å². The Balaban J connectivity index is 1.81. The quantitative estimate of drug-likeness (QED) is 0.674. The van der Waals surface area contributed by atoms with E-state index in [0.29, 0.717) is 23.6 Å². The average Bonchev–Trinajstić information content (AvgIpc) is 2.91. The highest BCUT2D eigenvalue weighted by atomic mass is 19.4. The monoisotopic (exact) mass is 395 g/mol. The van der Waals surface area contributed by atoms with Gasteiger partial charge in [-0.3, -0.25) is 13.9 Å². The number of aromatic nitrogens is 2. The Morgan fingerprint density at radius 3 is 2.32 bits per heavy atom. The van der Waals surface area contributed by atoms with E-state index in [2.05, 4.69) is 5.32 Å². The minimum atomic E-state index is -4.74. The molecule has 148 valence electrons. The first-order valence-corrected chi connectivity index (χ1v) is 8.52. The second-order valence-corrected chi connectivity index (χ2v) is 6.18. The summed E-state index contributed by atoms with van der Waals surface area (Å²) in [7, 11) is 0. The van der Waals surface area contributed by atoms with Crippen LogP contribution in [0.2, 0.25) is 0 Å². The summed E-state index contributed by atoms with van der Waals surface area (Å²) in [4.78, 5) is 24.8. The largest absolute Gasteiger partial charge is 0.416 e. The lowest BCUT2D eigenvalue weighted by molar-refractivity contribution is -0.138. The van der Waals surface area contributed by atoms with Crippen LogP contribution in [-0.2, 0) is 30.6 Å². The number of aryl methyl sites for hydroxylation is 1. The number of carbonyl (C=O) groups excluding carboxylic acids is 1. The van der Waals surface area contributed by atoms with Crippen LogP contribution in [0.1, 0.15) is 18.1 Å². The van der Waals surface area contributed by atoms with Crippen molar-refractivity contribution in [3.8, 4) is 0 Å². The zero-order valence-corrected chi connectivity index (χ0v) is 14.9. The summed E-state index contributed by atoms with van der Waals surface area (Å²) in [6.07, 6.45) is -4.74. The second kappa shape index (κ2) is 7.49. The van der Waals surface area contributed by atoms with Gasteiger partial charge in [-0.15, -0.1) is 0 Å². The number of alkyl halides is 3. The van der Waals surface area contributed by atoms with E-state index in [1.165, 1.54) is 9.13 Å². The van der Waals surface area contributed by atoms with Crippen LogP contribution < -0.4 is 11.0 Å². The van der Waals surface area contributed by atoms with E-state index in [1.807, 2.05) is 0 Å². The molecule has 3 rings (SSSR count). The molecule has 3 aromatic rings. The Morgan fingerprint density at radius 2 is 1.71 bits per heavy atom. The summed E-state index contributed by atoms with van der Waals surface area (Å²) < 4.78 is 55.1. The molecule has 1 aromatic heterocycles. The van der Waals surface area contributed by atoms with Crippen LogP contribution in [0.3, 0.4) is 0 Å². The first-order chi connectivity index (χ1) is 13.2. The van der Waals surface area contributed by atoms with Crippen molar-refractivity contribution in [2.24, 2.45) is 0 Å². The molecule has 0 radical (unpaired) electrons. The van der Waals surface area contributed by atoms with Gasteiger partial charge in [0.1, 0.15) is 12.4 Å². The number of fused-ring (bicyclic) bond motifs is 1. The van der Waals surface area contributed by atoms with Crippen molar-refractivity contribution in [3.63, 3.8) is 0 Å². The number of halogens is 4. The zero-order chi connectivity index (χ0) is 20.5. The van der Waals surface area contributed by atoms with Gasteiger partial charge in [0.15, 0.2) is 0 Å². The van der Waals surface area contributed by atoms with Gasteiger partial charge in [-0.2, -0.15) is 13.2 Å². The number of benzene rings is 2. The third-order valence-corrected chi connectivity index (χ3v) is 4.40. The maximum atomic E-state index is 13.2. The van der Waals surface area contributed by atoms with Gasteiger partial charge >= 0.3 is 11.9 Å². The van der Waals surface area contributed by atoms with Gasteiger partial charge in [0, 0.05) is 13.1 Å². The molecule has 1 amide bonds. The van der Waals surface area contributed by atoms with Gasteiger partial charge in [-0.25, -0.2) is 9.18 Å². The molecule has 1 N–H and O–H groups in total. The predicted molar refractivity (Wildman–Crippen MR) is 95.1 cm³/mol. The van der Waals surface area contributed by atoms with Gasteiger partial charge < -0.3 is 5.32 Å². The molecule has 0 bridgehead atoms. The van der Waals surface area contributed by atoms with E-state index in [1.54, 1.807) is 31.2 Å². The van der Waals surface area contributed by atoms with Gasteiger partial charge in [0.25, 0.3) is 0 Å². The molecule has 0 fully saturated rings. The van der Waals surface area contributed by atoms with Crippen molar-refractivity contribution in [1.29, 1.82) is 0 Å². The number of para-hydroxylation sites is 2. The van der Waals surface area contributed by atoms with Gasteiger partial charge in [0.05, 0.1) is 16.6 Å². The van der Waals surface area contributed by atoms with E-state index >= 15 is 0 Å². The Bertz CT molecular complexity index is 1080. The maximum absolute atomic E-state index is 13.2. The number of hydrogen-bond donors (Lipinski definition) is 1. The Morgan fingerprint density at radius 1 is 1.07 bits per heavy atom. The fourth-order valence-corrected chi connectivity index (χ4v) is 3.09. The van der Waals surface area contributed by atoms with Crippen molar-refractivity contribution in [1.82, 2.24) is 14.5 Å². The third kappa shape index (κ3) is 3.78. The van der Waals surface area contributed by atoms with Crippen LogP contribution in [0.25, 0.3) is 11.0 Å². The molecule has 0 spiro atoms. The van der Waals surface area contributed by atoms with Crippen LogP contribution in [0.4, 0.5) is 17.6 Å². The molecule has 0 saturated heterocycles. The number of hydrogen-bond acceptors (Lipinski definition) is 2. The van der Waals surface area contributed by atoms with Gasteiger partial charge in [0.2, 0.25) is 5.91 Å². The van der Waals surface area contributed by atoms with Crippen LogP contribution in [0.5, 0.6) is 0 Å². The molecule has 0 aliphatic heterocycles. The summed E-state index contributed by atoms with van der Waals surface area (Å²) in [5.41, 5.74) is -0.558. The van der Waals surface area contributed by atoms with Crippen LogP contribution in [-0.4, -0.2) is 15.0 Å². The van der Waals surface area contributed by atoms with Crippen LogP contribution in [0.15, 0.2) is 47.3 Å². The molecule has 0 atom stereocenters. The van der Waals surface area contributed by atoms with Gasteiger partial charge in [-0.1, -0.05) is 18.2 Å². The van der Waals surface area contributed by atoms with E-state index in [0.717, 1.165) is 12.1 Å². The highest BCUT2D eigenvalue weighted by Gasteiger charge is 2.33. The van der Waals surface area contributed by atoms with Crippen molar-refractivity contribution < 1.29 is 22.4 Å². The molecule has 1 heterocycles. The fourth-order valence-electron chi connectivity index (χ4n) is 3.09. The topological polar surface area (TPSA) is 56.0 Å². The lowest BCUT2D eigenvalue weighted by atomic mass is 10.1. The molecule has 0 aliphatic rings. The SMILES string of the molecule is CCn1c(=O)n(CC(=O)NCc2ccc(F)cc2C(F)(F)F)c2ccccc21. The number of nitrogens with zero attached hydrogens (tertiary/aromatic N) is 2. The first-order valence-electron chi connectivity index (χ1n) is 8.52. The van der Waals surface area contributed by atoms with Crippen molar-refractivity contribution in [3.05, 3.63) is 69.9 Å². The van der Waals surface area contributed by atoms with Gasteiger partial charge in [-0.05, 0) is 36.8 Å². The highest BCUT2D eigenvalue weighted by Crippen LogP contribution is 2.32. The molecule has 0 saturated carbocycles. The first kappa shape index (κ1) is 19.7. The smallest absolute Gasteiger partial charge is 0.350 e. The second-order valence-electron chi connectivity index (χ2n) is 6.18. The molecule has 0 aliphatic carbocycles. The van der Waals surface area contributed by atoms with Crippen LogP contribution in [0, 0.1) is 5.82 Å². The third-order valence-electron chi connectivity index (χ3n) is 4.40. The lowest BCUT2D eigenvalue weighted by Gasteiger charge is -2.13. The van der Waals surface area contributed by atoms with Crippen LogP contribution >= 0.6 is 0 Å². The summed E-state index contributed by atoms with van der Waals surface area (Å²) in [6.45, 7) is 1.44. The molecular weight excluding hydrogens is 378 g/mol. The molecule has 0 unspecified atom stereocenters. The van der Waals surface area contributed by atoms with Crippen molar-refractivity contribution >= 4 is 16.9 Å². The predicted octanol–water partition coefficient (Wildman–Crippen LogP) is 3.30. The zero-order valence-electron chi connectivity index (χ0n) is 14.9. The number of rotatable bonds is 5. The van der Waals surface area contributed by atoms with E-state index in [-0.39, 0.29) is 17.8 Å². The summed E-state index contributed by atoms with van der Waals surface area (Å²) in [6, 6.07) is 9.21. The normalized spacial score (nSPS) is 11.8. The summed E-state index contributed by atoms with van der Waals surface area (Å²) in [5.74, 6) is -1.64. The molecule has 2 aromatic carbocycles. The molecule has 9 heteroatoms. The molecular formula is C19H17F4N3O2. The average molecular weight is 395 g/mol. The Hall–Kier alpha value is -3.10. The number of nitrogens with one attached hydrogen (secondary N) is 1. The maximum Gasteiger partial charge on any atom is 0.416 e. The van der Waals surface area contributed by atoms with Crippen molar-refractivity contribution in [2.75, 3.05) is 0 Å². The minimum Gasteiger partial charge on any atom is -0.350 e. The Kier molecular flexibility index (Phi) is 5.26. The summed E-state index contributed by atoms with van der Waals surface area (Å²) >= 11 is 0. The van der Waals surface area contributed by atoms with Crippen molar-refractivity contribution in [2.45, 2.75) is 32.7 Å². The molecule has 5 nitrogen and oxygen atoms in total. The van der Waals surface area contributed by atoms with E-state index in [4.69, 9.17) is 0 Å². The fraction of sp³-hybridized carbons (Fsp3) is 0.263. The number of imidazole rings is 1.